The van der Waals surface area contributed by atoms with Crippen LogP contribution in [-0.4, -0.2) is 36.1 Å². The SMILES string of the molecule is O=S(=O)(Cc1ccccc1Cl)Nc1ccc(S(=O)(=O)NCC2CCCO2)cc1. The number of anilines is 1. The van der Waals surface area contributed by atoms with Gasteiger partial charge in [0.15, 0.2) is 0 Å². The Morgan fingerprint density at radius 3 is 2.39 bits per heavy atom. The Balaban J connectivity index is 1.64. The molecule has 0 radical (unpaired) electrons. The van der Waals surface area contributed by atoms with Gasteiger partial charge in [-0.25, -0.2) is 21.6 Å². The Morgan fingerprint density at radius 1 is 1.04 bits per heavy atom. The van der Waals surface area contributed by atoms with Gasteiger partial charge in [-0.3, -0.25) is 4.72 Å². The number of hydrogen-bond acceptors (Lipinski definition) is 5. The molecule has 0 spiro atoms. The molecule has 1 atom stereocenters. The number of sulfonamides is 2. The largest absolute Gasteiger partial charge is 0.377 e. The molecule has 1 fully saturated rings. The summed E-state index contributed by atoms with van der Waals surface area (Å²) < 4.78 is 59.7. The van der Waals surface area contributed by atoms with Crippen LogP contribution in [0.3, 0.4) is 0 Å². The number of ether oxygens (including phenoxy) is 1. The fourth-order valence-corrected chi connectivity index (χ4v) is 5.41. The Hall–Kier alpha value is -1.65. The lowest BCUT2D eigenvalue weighted by Crippen LogP contribution is -2.31. The van der Waals surface area contributed by atoms with Crippen LogP contribution in [0.25, 0.3) is 0 Å². The summed E-state index contributed by atoms with van der Waals surface area (Å²) >= 11 is 6.01. The molecule has 1 aliphatic rings. The van der Waals surface area contributed by atoms with E-state index in [1.165, 1.54) is 24.3 Å². The fourth-order valence-electron chi connectivity index (χ4n) is 2.83. The van der Waals surface area contributed by atoms with Crippen molar-refractivity contribution >= 4 is 37.3 Å². The maximum absolute atomic E-state index is 12.3. The molecule has 28 heavy (non-hydrogen) atoms. The highest BCUT2D eigenvalue weighted by Gasteiger charge is 2.20. The normalized spacial score (nSPS) is 17.5. The minimum Gasteiger partial charge on any atom is -0.377 e. The van der Waals surface area contributed by atoms with Crippen LogP contribution in [0.5, 0.6) is 0 Å². The first-order chi connectivity index (χ1) is 13.3. The third kappa shape index (κ3) is 5.68. The smallest absolute Gasteiger partial charge is 0.240 e. The van der Waals surface area contributed by atoms with Gasteiger partial charge in [-0.15, -0.1) is 0 Å². The summed E-state index contributed by atoms with van der Waals surface area (Å²) in [6.45, 7) is 0.865. The molecule has 2 N–H and O–H groups in total. The molecule has 2 aromatic rings. The van der Waals surface area contributed by atoms with Crippen molar-refractivity contribution in [2.75, 3.05) is 17.9 Å². The molecule has 152 valence electrons. The average Bonchev–Trinajstić information content (AvgIpc) is 3.16. The summed E-state index contributed by atoms with van der Waals surface area (Å²) in [6, 6.07) is 12.2. The second-order valence-corrected chi connectivity index (χ2v) is 10.4. The Kier molecular flexibility index (Phi) is 6.61. The zero-order chi connectivity index (χ0) is 20.2. The number of benzene rings is 2. The van der Waals surface area contributed by atoms with Crippen LogP contribution in [0.1, 0.15) is 18.4 Å². The van der Waals surface area contributed by atoms with E-state index in [4.69, 9.17) is 16.3 Å². The third-order valence-corrected chi connectivity index (χ3v) is 7.31. The van der Waals surface area contributed by atoms with Gasteiger partial charge in [0.25, 0.3) is 0 Å². The van der Waals surface area contributed by atoms with Gasteiger partial charge < -0.3 is 4.74 Å². The zero-order valence-electron chi connectivity index (χ0n) is 15.0. The highest BCUT2D eigenvalue weighted by molar-refractivity contribution is 7.92. The molecular weight excluding hydrogens is 424 g/mol. The van der Waals surface area contributed by atoms with E-state index in [0.717, 1.165) is 12.8 Å². The van der Waals surface area contributed by atoms with Crippen molar-refractivity contribution < 1.29 is 21.6 Å². The summed E-state index contributed by atoms with van der Waals surface area (Å²) in [5, 5.41) is 0.367. The van der Waals surface area contributed by atoms with E-state index in [0.29, 0.717) is 17.2 Å². The Morgan fingerprint density at radius 2 is 1.75 bits per heavy atom. The van der Waals surface area contributed by atoms with Crippen molar-refractivity contribution in [2.45, 2.75) is 29.6 Å². The molecule has 10 heteroatoms. The lowest BCUT2D eigenvalue weighted by molar-refractivity contribution is 0.114. The summed E-state index contributed by atoms with van der Waals surface area (Å²) in [5.41, 5.74) is 0.749. The van der Waals surface area contributed by atoms with E-state index in [2.05, 4.69) is 9.44 Å². The first kappa shape index (κ1) is 21.1. The van der Waals surface area contributed by atoms with Crippen molar-refractivity contribution in [3.05, 3.63) is 59.1 Å². The molecule has 0 aromatic heterocycles. The predicted octanol–water partition coefficient (Wildman–Crippen LogP) is 2.74. The average molecular weight is 445 g/mol. The lowest BCUT2D eigenvalue weighted by Gasteiger charge is -2.12. The van der Waals surface area contributed by atoms with Crippen molar-refractivity contribution in [3.8, 4) is 0 Å². The summed E-state index contributed by atoms with van der Waals surface area (Å²) in [5.74, 6) is -0.282. The van der Waals surface area contributed by atoms with Crippen LogP contribution in [0.2, 0.25) is 5.02 Å². The van der Waals surface area contributed by atoms with Crippen molar-refractivity contribution in [3.63, 3.8) is 0 Å². The Labute approximate surface area is 170 Å². The quantitative estimate of drug-likeness (QED) is 0.651. The highest BCUT2D eigenvalue weighted by atomic mass is 35.5. The molecule has 1 heterocycles. The van der Waals surface area contributed by atoms with E-state index >= 15 is 0 Å². The van der Waals surface area contributed by atoms with Gasteiger partial charge >= 0.3 is 0 Å². The monoisotopic (exact) mass is 444 g/mol. The van der Waals surface area contributed by atoms with E-state index in [1.54, 1.807) is 24.3 Å². The third-order valence-electron chi connectivity index (χ3n) is 4.27. The van der Waals surface area contributed by atoms with Gasteiger partial charge in [0.05, 0.1) is 16.8 Å². The van der Waals surface area contributed by atoms with E-state index in [9.17, 15) is 16.8 Å². The minimum atomic E-state index is -3.70. The number of hydrogen-bond donors (Lipinski definition) is 2. The Bertz CT molecular complexity index is 1020. The maximum Gasteiger partial charge on any atom is 0.240 e. The fraction of sp³-hybridized carbons (Fsp3) is 0.333. The molecular formula is C18H21ClN2O5S2. The summed E-state index contributed by atoms with van der Waals surface area (Å²) in [6.07, 6.45) is 1.65. The molecule has 1 saturated heterocycles. The van der Waals surface area contributed by atoms with Crippen LogP contribution in [0.15, 0.2) is 53.4 Å². The minimum absolute atomic E-state index is 0.0551. The van der Waals surface area contributed by atoms with Gasteiger partial charge in [-0.1, -0.05) is 29.8 Å². The predicted molar refractivity (Wildman–Crippen MR) is 108 cm³/mol. The van der Waals surface area contributed by atoms with Crippen molar-refractivity contribution in [1.82, 2.24) is 4.72 Å². The van der Waals surface area contributed by atoms with E-state index in [1.807, 2.05) is 0 Å². The van der Waals surface area contributed by atoms with Gasteiger partial charge in [-0.2, -0.15) is 0 Å². The standard InChI is InChI=1S/C18H21ClN2O5S2/c19-18-6-2-1-4-14(18)13-27(22,23)21-15-7-9-17(10-8-15)28(24,25)20-12-16-5-3-11-26-16/h1-2,4,6-10,16,20-21H,3,5,11-13H2. The van der Waals surface area contributed by atoms with E-state index in [-0.39, 0.29) is 29.0 Å². The van der Waals surface area contributed by atoms with Crippen LogP contribution in [0.4, 0.5) is 5.69 Å². The summed E-state index contributed by atoms with van der Waals surface area (Å²) in [7, 11) is -7.38. The molecule has 0 saturated carbocycles. The topological polar surface area (TPSA) is 102 Å². The zero-order valence-corrected chi connectivity index (χ0v) is 17.4. The molecule has 0 amide bonds. The van der Waals surface area contributed by atoms with Gasteiger partial charge in [0, 0.05) is 23.9 Å². The lowest BCUT2D eigenvalue weighted by atomic mass is 10.2. The first-order valence-electron chi connectivity index (χ1n) is 8.70. The van der Waals surface area contributed by atoms with Gasteiger partial charge in [0.1, 0.15) is 0 Å². The second kappa shape index (κ2) is 8.79. The van der Waals surface area contributed by atoms with Crippen molar-refractivity contribution in [1.29, 1.82) is 0 Å². The summed E-state index contributed by atoms with van der Waals surface area (Å²) in [4.78, 5) is 0.0551. The number of halogens is 1. The molecule has 1 unspecified atom stereocenters. The molecule has 2 aromatic carbocycles. The van der Waals surface area contributed by atoms with Crippen LogP contribution in [-0.2, 0) is 30.5 Å². The molecule has 0 bridgehead atoms. The first-order valence-corrected chi connectivity index (χ1v) is 12.2. The second-order valence-electron chi connectivity index (χ2n) is 6.46. The molecule has 7 nitrogen and oxygen atoms in total. The number of rotatable bonds is 8. The van der Waals surface area contributed by atoms with Gasteiger partial charge in [0.2, 0.25) is 20.0 Å². The molecule has 3 rings (SSSR count). The maximum atomic E-state index is 12.3. The van der Waals surface area contributed by atoms with Crippen LogP contribution in [0, 0.1) is 0 Å². The van der Waals surface area contributed by atoms with Crippen LogP contribution < -0.4 is 9.44 Å². The van der Waals surface area contributed by atoms with Crippen molar-refractivity contribution in [2.24, 2.45) is 0 Å². The number of nitrogens with one attached hydrogen (secondary N) is 2. The highest BCUT2D eigenvalue weighted by Crippen LogP contribution is 2.20. The van der Waals surface area contributed by atoms with E-state index < -0.39 is 20.0 Å². The molecule has 0 aliphatic carbocycles. The molecule has 1 aliphatic heterocycles. The van der Waals surface area contributed by atoms with Gasteiger partial charge in [-0.05, 0) is 48.7 Å². The van der Waals surface area contributed by atoms with Crippen LogP contribution >= 0.6 is 11.6 Å².